The Balaban J connectivity index is 1.39. The highest BCUT2D eigenvalue weighted by Crippen LogP contribution is 2.39. The highest BCUT2D eigenvalue weighted by atomic mass is 19.1. The van der Waals surface area contributed by atoms with Crippen molar-refractivity contribution in [3.8, 4) is 34.4 Å². The minimum atomic E-state index is -0.539. The van der Waals surface area contributed by atoms with Crippen molar-refractivity contribution in [2.45, 2.75) is 0 Å². The Morgan fingerprint density at radius 3 is 2.23 bits per heavy atom. The molecule has 0 amide bonds. The molecule has 0 aliphatic carbocycles. The van der Waals surface area contributed by atoms with E-state index in [0.29, 0.717) is 39.5 Å². The van der Waals surface area contributed by atoms with Crippen molar-refractivity contribution in [3.63, 3.8) is 0 Å². The minimum absolute atomic E-state index is 0.0680. The quantitative estimate of drug-likeness (QED) is 0.297. The Morgan fingerprint density at radius 2 is 1.51 bits per heavy atom. The van der Waals surface area contributed by atoms with E-state index < -0.39 is 5.82 Å². The number of hydrogen-bond donors (Lipinski definition) is 1. The van der Waals surface area contributed by atoms with Crippen molar-refractivity contribution in [2.24, 2.45) is 0 Å². The number of nitrogens with zero attached hydrogens (tertiary/aromatic N) is 3. The summed E-state index contributed by atoms with van der Waals surface area (Å²) in [6, 6.07) is 19.5. The number of benzene rings is 3. The SMILES string of the molecule is COc1ccc2c(Oc3ccc(-c4ncc(Nc5ccccc5)cn4)cc3F)ccnc2c1OC. The average Bonchev–Trinajstić information content (AvgIpc) is 2.90. The van der Waals surface area contributed by atoms with Gasteiger partial charge in [0.2, 0.25) is 0 Å². The van der Waals surface area contributed by atoms with Crippen molar-refractivity contribution < 1.29 is 18.6 Å². The molecule has 174 valence electrons. The smallest absolute Gasteiger partial charge is 0.187 e. The Kier molecular flexibility index (Phi) is 6.09. The van der Waals surface area contributed by atoms with Gasteiger partial charge >= 0.3 is 0 Å². The lowest BCUT2D eigenvalue weighted by molar-refractivity contribution is 0.358. The molecule has 0 atom stereocenters. The van der Waals surface area contributed by atoms with E-state index in [4.69, 9.17) is 14.2 Å². The monoisotopic (exact) mass is 468 g/mol. The zero-order valence-corrected chi connectivity index (χ0v) is 19.0. The summed E-state index contributed by atoms with van der Waals surface area (Å²) in [5, 5.41) is 3.88. The first-order valence-electron chi connectivity index (χ1n) is 10.8. The third-order valence-electron chi connectivity index (χ3n) is 5.34. The van der Waals surface area contributed by atoms with Crippen LogP contribution in [0.5, 0.6) is 23.0 Å². The molecule has 8 heteroatoms. The maximum atomic E-state index is 15.0. The van der Waals surface area contributed by atoms with Crippen LogP contribution in [0.15, 0.2) is 85.3 Å². The van der Waals surface area contributed by atoms with E-state index in [0.717, 1.165) is 11.4 Å². The number of aromatic nitrogens is 3. The fraction of sp³-hybridized carbons (Fsp3) is 0.0741. The molecule has 0 aliphatic rings. The van der Waals surface area contributed by atoms with Gasteiger partial charge in [0.05, 0.1) is 32.3 Å². The van der Waals surface area contributed by atoms with Gasteiger partial charge in [0.25, 0.3) is 0 Å². The molecule has 5 rings (SSSR count). The van der Waals surface area contributed by atoms with Crippen LogP contribution in [0.2, 0.25) is 0 Å². The van der Waals surface area contributed by atoms with Gasteiger partial charge in [-0.3, -0.25) is 4.98 Å². The van der Waals surface area contributed by atoms with Gasteiger partial charge in [-0.2, -0.15) is 0 Å². The Hall–Kier alpha value is -4.72. The van der Waals surface area contributed by atoms with Gasteiger partial charge in [-0.15, -0.1) is 0 Å². The number of ether oxygens (including phenoxy) is 3. The van der Waals surface area contributed by atoms with Crippen molar-refractivity contribution in [3.05, 3.63) is 91.1 Å². The van der Waals surface area contributed by atoms with Gasteiger partial charge in [-0.25, -0.2) is 14.4 Å². The highest BCUT2D eigenvalue weighted by Gasteiger charge is 2.15. The van der Waals surface area contributed by atoms with E-state index in [2.05, 4.69) is 20.3 Å². The Morgan fingerprint density at radius 1 is 0.743 bits per heavy atom. The molecule has 2 heterocycles. The zero-order chi connectivity index (χ0) is 24.2. The van der Waals surface area contributed by atoms with E-state index >= 15 is 0 Å². The molecule has 0 bridgehead atoms. The van der Waals surface area contributed by atoms with E-state index in [9.17, 15) is 4.39 Å². The Bertz CT molecular complexity index is 1480. The van der Waals surface area contributed by atoms with Crippen molar-refractivity contribution in [1.29, 1.82) is 0 Å². The van der Waals surface area contributed by atoms with Crippen LogP contribution < -0.4 is 19.5 Å². The normalized spacial score (nSPS) is 10.7. The van der Waals surface area contributed by atoms with Crippen LogP contribution >= 0.6 is 0 Å². The van der Waals surface area contributed by atoms with E-state index in [1.54, 1.807) is 56.0 Å². The van der Waals surface area contributed by atoms with Gasteiger partial charge in [0, 0.05) is 22.8 Å². The van der Waals surface area contributed by atoms with Crippen LogP contribution in [0.25, 0.3) is 22.3 Å². The van der Waals surface area contributed by atoms with Crippen molar-refractivity contribution in [1.82, 2.24) is 15.0 Å². The molecule has 2 aromatic heterocycles. The highest BCUT2D eigenvalue weighted by molar-refractivity contribution is 5.92. The standard InChI is InChI=1S/C27H21FN4O3/c1-33-24-11-9-20-22(12-13-29-25(20)26(24)34-2)35-23-10-8-17(14-21(23)28)27-30-15-19(16-31-27)32-18-6-4-3-5-7-18/h3-16,32H,1-2H3. The first kappa shape index (κ1) is 22.1. The summed E-state index contributed by atoms with van der Waals surface area (Å²) in [6.45, 7) is 0. The fourth-order valence-electron chi connectivity index (χ4n) is 3.67. The van der Waals surface area contributed by atoms with Crippen molar-refractivity contribution in [2.75, 3.05) is 19.5 Å². The second-order valence-corrected chi connectivity index (χ2v) is 7.54. The Labute approximate surface area is 201 Å². The number of pyridine rings is 1. The number of hydrogen-bond acceptors (Lipinski definition) is 7. The lowest BCUT2D eigenvalue weighted by atomic mass is 10.1. The molecule has 3 aromatic carbocycles. The first-order valence-corrected chi connectivity index (χ1v) is 10.8. The molecule has 7 nitrogen and oxygen atoms in total. The summed E-state index contributed by atoms with van der Waals surface area (Å²) in [5.74, 6) is 1.40. The molecule has 0 unspecified atom stereocenters. The topological polar surface area (TPSA) is 78.4 Å². The van der Waals surface area contributed by atoms with Crippen molar-refractivity contribution >= 4 is 22.3 Å². The minimum Gasteiger partial charge on any atom is -0.493 e. The number of nitrogens with one attached hydrogen (secondary N) is 1. The number of methoxy groups -OCH3 is 2. The second kappa shape index (κ2) is 9.64. The van der Waals surface area contributed by atoms with E-state index in [1.165, 1.54) is 13.2 Å². The van der Waals surface area contributed by atoms with Gasteiger partial charge in [0.15, 0.2) is 28.9 Å². The van der Waals surface area contributed by atoms with Crippen LogP contribution in [0.3, 0.4) is 0 Å². The van der Waals surface area contributed by atoms with Crippen LogP contribution in [0, 0.1) is 5.82 Å². The maximum Gasteiger partial charge on any atom is 0.187 e. The molecule has 0 saturated heterocycles. The summed E-state index contributed by atoms with van der Waals surface area (Å²) >= 11 is 0. The van der Waals surface area contributed by atoms with Gasteiger partial charge < -0.3 is 19.5 Å². The average molecular weight is 468 g/mol. The van der Waals surface area contributed by atoms with E-state index in [-0.39, 0.29) is 5.75 Å². The number of halogens is 1. The molecule has 1 N–H and O–H groups in total. The molecule has 5 aromatic rings. The summed E-state index contributed by atoms with van der Waals surface area (Å²) < 4.78 is 31.7. The lowest BCUT2D eigenvalue weighted by Crippen LogP contribution is -1.96. The molecule has 0 fully saturated rings. The summed E-state index contributed by atoms with van der Waals surface area (Å²) in [4.78, 5) is 13.1. The van der Waals surface area contributed by atoms with Crippen LogP contribution in [-0.2, 0) is 0 Å². The van der Waals surface area contributed by atoms with Gasteiger partial charge in [-0.1, -0.05) is 18.2 Å². The predicted octanol–water partition coefficient (Wildman–Crippen LogP) is 6.38. The lowest BCUT2D eigenvalue weighted by Gasteiger charge is -2.13. The van der Waals surface area contributed by atoms with Crippen LogP contribution in [0.4, 0.5) is 15.8 Å². The predicted molar refractivity (Wildman–Crippen MR) is 132 cm³/mol. The molecule has 0 spiro atoms. The van der Waals surface area contributed by atoms with Crippen LogP contribution in [0.1, 0.15) is 0 Å². The zero-order valence-electron chi connectivity index (χ0n) is 19.0. The number of fused-ring (bicyclic) bond motifs is 1. The number of rotatable bonds is 7. The summed E-state index contributed by atoms with van der Waals surface area (Å²) in [5.41, 5.74) is 2.75. The summed E-state index contributed by atoms with van der Waals surface area (Å²) in [7, 11) is 3.09. The third kappa shape index (κ3) is 4.54. The van der Waals surface area contributed by atoms with Crippen LogP contribution in [-0.4, -0.2) is 29.2 Å². The molecular weight excluding hydrogens is 447 g/mol. The number of anilines is 2. The molecule has 35 heavy (non-hydrogen) atoms. The number of para-hydroxylation sites is 1. The fourth-order valence-corrected chi connectivity index (χ4v) is 3.67. The second-order valence-electron chi connectivity index (χ2n) is 7.54. The maximum absolute atomic E-state index is 15.0. The largest absolute Gasteiger partial charge is 0.493 e. The first-order chi connectivity index (χ1) is 17.2. The molecular formula is C27H21FN4O3. The van der Waals surface area contributed by atoms with Gasteiger partial charge in [-0.05, 0) is 48.5 Å². The molecule has 0 radical (unpaired) electrons. The molecule has 0 saturated carbocycles. The summed E-state index contributed by atoms with van der Waals surface area (Å²) in [6.07, 6.45) is 4.88. The van der Waals surface area contributed by atoms with Gasteiger partial charge in [0.1, 0.15) is 11.3 Å². The third-order valence-corrected chi connectivity index (χ3v) is 5.34. The van der Waals surface area contributed by atoms with E-state index in [1.807, 2.05) is 30.3 Å². The molecule has 0 aliphatic heterocycles.